The molecule has 0 bridgehead atoms. The van der Waals surface area contributed by atoms with Gasteiger partial charge in [-0.25, -0.2) is 0 Å². The molecule has 0 aliphatic rings. The van der Waals surface area contributed by atoms with Crippen molar-refractivity contribution in [1.82, 2.24) is 0 Å². The van der Waals surface area contributed by atoms with Crippen molar-refractivity contribution in [2.45, 2.75) is 13.3 Å². The fourth-order valence-electron chi connectivity index (χ4n) is 0.232. The van der Waals surface area contributed by atoms with E-state index >= 15 is 0 Å². The quantitative estimate of drug-likeness (QED) is 0.490. The van der Waals surface area contributed by atoms with E-state index in [1.807, 2.05) is 6.08 Å². The van der Waals surface area contributed by atoms with Gasteiger partial charge in [0, 0.05) is 0 Å². The highest BCUT2D eigenvalue weighted by molar-refractivity contribution is 4.70. The standard InChI is InChI=1S/C6H11O/c1-3-5-6-7-4-2/h5-6H,2-4H2,1H3. The van der Waals surface area contributed by atoms with Crippen LogP contribution in [0.1, 0.15) is 13.3 Å². The van der Waals surface area contributed by atoms with Crippen molar-refractivity contribution in [1.29, 1.82) is 0 Å². The minimum absolute atomic E-state index is 0.524. The van der Waals surface area contributed by atoms with Crippen molar-refractivity contribution in [3.05, 3.63) is 19.3 Å². The molecule has 0 saturated heterocycles. The van der Waals surface area contributed by atoms with Gasteiger partial charge in [-0.1, -0.05) is 13.0 Å². The zero-order valence-corrected chi connectivity index (χ0v) is 4.68. The third-order valence-corrected chi connectivity index (χ3v) is 0.546. The molecule has 41 valence electrons. The lowest BCUT2D eigenvalue weighted by Gasteiger charge is -1.88. The van der Waals surface area contributed by atoms with Crippen LogP contribution in [0.5, 0.6) is 0 Å². The largest absolute Gasteiger partial charge is 0.502 e. The third kappa shape index (κ3) is 5.54. The molecule has 1 radical (unpaired) electrons. The van der Waals surface area contributed by atoms with Crippen LogP contribution in [-0.2, 0) is 4.74 Å². The van der Waals surface area contributed by atoms with E-state index in [1.54, 1.807) is 6.26 Å². The topological polar surface area (TPSA) is 9.23 Å². The average molecular weight is 99.2 g/mol. The smallest absolute Gasteiger partial charge is 0.0874 e. The molecule has 0 heterocycles. The number of hydrogen-bond donors (Lipinski definition) is 0. The van der Waals surface area contributed by atoms with Crippen molar-refractivity contribution in [2.24, 2.45) is 0 Å². The van der Waals surface area contributed by atoms with Crippen molar-refractivity contribution >= 4 is 0 Å². The molecule has 1 nitrogen and oxygen atoms in total. The van der Waals surface area contributed by atoms with E-state index in [0.29, 0.717) is 6.61 Å². The molecule has 0 amide bonds. The normalized spacial score (nSPS) is 10.0. The first kappa shape index (κ1) is 6.54. The highest BCUT2D eigenvalue weighted by atomic mass is 16.5. The van der Waals surface area contributed by atoms with Crippen LogP contribution in [0.2, 0.25) is 0 Å². The fraction of sp³-hybridized carbons (Fsp3) is 0.500. The van der Waals surface area contributed by atoms with Crippen LogP contribution in [0.4, 0.5) is 0 Å². The third-order valence-electron chi connectivity index (χ3n) is 0.546. The van der Waals surface area contributed by atoms with Crippen LogP contribution in [0.3, 0.4) is 0 Å². The summed E-state index contributed by atoms with van der Waals surface area (Å²) in [5.41, 5.74) is 0. The lowest BCUT2D eigenvalue weighted by atomic mass is 10.5. The molecule has 0 spiro atoms. The van der Waals surface area contributed by atoms with Crippen molar-refractivity contribution in [2.75, 3.05) is 6.61 Å². The maximum Gasteiger partial charge on any atom is 0.0874 e. The molecular formula is C6H11O. The number of ether oxygens (including phenoxy) is 1. The van der Waals surface area contributed by atoms with Gasteiger partial charge in [-0.15, -0.1) is 0 Å². The molecule has 0 N–H and O–H groups in total. The monoisotopic (exact) mass is 99.1 g/mol. The Labute approximate surface area is 45.0 Å². The minimum Gasteiger partial charge on any atom is -0.502 e. The van der Waals surface area contributed by atoms with E-state index in [0.717, 1.165) is 6.42 Å². The van der Waals surface area contributed by atoms with Gasteiger partial charge in [-0.3, -0.25) is 0 Å². The van der Waals surface area contributed by atoms with Gasteiger partial charge in [0.05, 0.1) is 12.9 Å². The Balaban J connectivity index is 2.78. The lowest BCUT2D eigenvalue weighted by molar-refractivity contribution is 0.287. The predicted molar refractivity (Wildman–Crippen MR) is 30.7 cm³/mol. The SMILES string of the molecule is [CH2]COC=CCC. The Bertz CT molecular complexity index is 48.1. The van der Waals surface area contributed by atoms with Crippen molar-refractivity contribution in [3.8, 4) is 0 Å². The zero-order chi connectivity index (χ0) is 5.54. The number of allylic oxidation sites excluding steroid dienone is 1. The van der Waals surface area contributed by atoms with E-state index in [1.165, 1.54) is 0 Å². The van der Waals surface area contributed by atoms with E-state index in [-0.39, 0.29) is 0 Å². The second kappa shape index (κ2) is 5.54. The fourth-order valence-corrected chi connectivity index (χ4v) is 0.232. The Kier molecular flexibility index (Phi) is 5.18. The van der Waals surface area contributed by atoms with Crippen LogP contribution in [0.25, 0.3) is 0 Å². The van der Waals surface area contributed by atoms with Crippen LogP contribution in [0, 0.1) is 6.92 Å². The second-order valence-corrected chi connectivity index (χ2v) is 1.15. The molecule has 0 aliphatic carbocycles. The maximum absolute atomic E-state index is 4.78. The highest BCUT2D eigenvalue weighted by Crippen LogP contribution is 1.79. The van der Waals surface area contributed by atoms with Crippen molar-refractivity contribution in [3.63, 3.8) is 0 Å². The number of rotatable bonds is 3. The van der Waals surface area contributed by atoms with Gasteiger partial charge in [-0.05, 0) is 13.3 Å². The van der Waals surface area contributed by atoms with Gasteiger partial charge < -0.3 is 4.74 Å². The highest BCUT2D eigenvalue weighted by Gasteiger charge is 1.65. The number of hydrogen-bond acceptors (Lipinski definition) is 1. The first-order chi connectivity index (χ1) is 3.41. The second-order valence-electron chi connectivity index (χ2n) is 1.15. The van der Waals surface area contributed by atoms with Gasteiger partial charge in [0.15, 0.2) is 0 Å². The summed E-state index contributed by atoms with van der Waals surface area (Å²) >= 11 is 0. The predicted octanol–water partition coefficient (Wildman–Crippen LogP) is 1.76. The van der Waals surface area contributed by atoms with Gasteiger partial charge in [0.2, 0.25) is 0 Å². The summed E-state index contributed by atoms with van der Waals surface area (Å²) in [4.78, 5) is 0. The Hall–Kier alpha value is -0.460. The molecule has 0 aromatic heterocycles. The summed E-state index contributed by atoms with van der Waals surface area (Å²) in [5.74, 6) is 0. The molecule has 0 fully saturated rings. The Morgan fingerprint density at radius 2 is 2.43 bits per heavy atom. The summed E-state index contributed by atoms with van der Waals surface area (Å²) in [6, 6.07) is 0. The zero-order valence-electron chi connectivity index (χ0n) is 4.68. The van der Waals surface area contributed by atoms with Gasteiger partial charge in [0.1, 0.15) is 0 Å². The average Bonchev–Trinajstić information content (AvgIpc) is 1.69. The van der Waals surface area contributed by atoms with Crippen LogP contribution < -0.4 is 0 Å². The molecule has 0 aromatic rings. The molecule has 0 aromatic carbocycles. The van der Waals surface area contributed by atoms with Gasteiger partial charge >= 0.3 is 0 Å². The maximum atomic E-state index is 4.78. The Morgan fingerprint density at radius 1 is 1.71 bits per heavy atom. The van der Waals surface area contributed by atoms with E-state index in [4.69, 9.17) is 4.74 Å². The van der Waals surface area contributed by atoms with Crippen LogP contribution >= 0.6 is 0 Å². The molecule has 0 rings (SSSR count). The summed E-state index contributed by atoms with van der Waals surface area (Å²) in [6.07, 6.45) is 4.65. The first-order valence-electron chi connectivity index (χ1n) is 2.47. The minimum atomic E-state index is 0.524. The van der Waals surface area contributed by atoms with E-state index < -0.39 is 0 Å². The van der Waals surface area contributed by atoms with E-state index in [2.05, 4.69) is 13.8 Å². The molecule has 0 aliphatic heterocycles. The molecular weight excluding hydrogens is 88.1 g/mol. The van der Waals surface area contributed by atoms with E-state index in [9.17, 15) is 0 Å². The molecule has 1 heteroatoms. The molecule has 0 atom stereocenters. The summed E-state index contributed by atoms with van der Waals surface area (Å²) in [5, 5.41) is 0. The molecule has 0 unspecified atom stereocenters. The first-order valence-corrected chi connectivity index (χ1v) is 2.47. The van der Waals surface area contributed by atoms with Crippen molar-refractivity contribution < 1.29 is 4.74 Å². The summed E-state index contributed by atoms with van der Waals surface area (Å²) in [6.45, 7) is 6.07. The summed E-state index contributed by atoms with van der Waals surface area (Å²) < 4.78 is 4.78. The van der Waals surface area contributed by atoms with Crippen LogP contribution in [0.15, 0.2) is 12.3 Å². The summed E-state index contributed by atoms with van der Waals surface area (Å²) in [7, 11) is 0. The van der Waals surface area contributed by atoms with Crippen LogP contribution in [-0.4, -0.2) is 6.61 Å². The molecule has 0 saturated carbocycles. The molecule has 7 heavy (non-hydrogen) atoms. The van der Waals surface area contributed by atoms with Gasteiger partial charge in [-0.2, -0.15) is 0 Å². The Morgan fingerprint density at radius 3 is 2.86 bits per heavy atom. The van der Waals surface area contributed by atoms with Gasteiger partial charge in [0.25, 0.3) is 0 Å². The lowest BCUT2D eigenvalue weighted by Crippen LogP contribution is -1.75.